The third-order valence-electron chi connectivity index (χ3n) is 2.73. The lowest BCUT2D eigenvalue weighted by Crippen LogP contribution is -2.36. The summed E-state index contributed by atoms with van der Waals surface area (Å²) >= 11 is 1.61. The zero-order chi connectivity index (χ0) is 15.3. The number of aryl methyl sites for hydroxylation is 1. The first-order valence-corrected chi connectivity index (χ1v) is 8.88. The van der Waals surface area contributed by atoms with E-state index >= 15 is 0 Å². The van der Waals surface area contributed by atoms with Gasteiger partial charge < -0.3 is 11.1 Å². The van der Waals surface area contributed by atoms with Gasteiger partial charge in [0.25, 0.3) is 0 Å². The fraction of sp³-hybridized carbons (Fsp3) is 0.417. The maximum absolute atomic E-state index is 11.8. The maximum Gasteiger partial charge on any atom is 0.241 e. The van der Waals surface area contributed by atoms with Crippen LogP contribution < -0.4 is 16.2 Å². The molecule has 21 heavy (non-hydrogen) atoms. The van der Waals surface area contributed by atoms with Gasteiger partial charge in [-0.2, -0.15) is 11.8 Å². The number of hydrogen-bond donors (Lipinski definition) is 3. The van der Waals surface area contributed by atoms with Gasteiger partial charge in [0.2, 0.25) is 15.9 Å². The van der Waals surface area contributed by atoms with Crippen LogP contribution in [0.3, 0.4) is 0 Å². The smallest absolute Gasteiger partial charge is 0.241 e. The predicted octanol–water partition coefficient (Wildman–Crippen LogP) is 1.08. The molecule has 1 aromatic carbocycles. The SMILES string of the molecule is CSCC[C@H](N)C(=O)Nc1ccc(C)c(S(N)(=O)=O)c1.Cl. The van der Waals surface area contributed by atoms with E-state index in [2.05, 4.69) is 5.32 Å². The molecule has 1 aromatic rings. The Morgan fingerprint density at radius 1 is 1.43 bits per heavy atom. The number of carbonyl (C=O) groups excluding carboxylic acids is 1. The zero-order valence-electron chi connectivity index (χ0n) is 11.8. The van der Waals surface area contributed by atoms with Crippen molar-refractivity contribution >= 4 is 45.8 Å². The highest BCUT2D eigenvalue weighted by Crippen LogP contribution is 2.19. The van der Waals surface area contributed by atoms with E-state index in [0.29, 0.717) is 17.7 Å². The highest BCUT2D eigenvalue weighted by Gasteiger charge is 2.16. The number of primary sulfonamides is 1. The Hall–Kier alpha value is -0.800. The van der Waals surface area contributed by atoms with E-state index in [1.807, 2.05) is 6.26 Å². The second kappa shape index (κ2) is 8.60. The summed E-state index contributed by atoms with van der Waals surface area (Å²) in [6.07, 6.45) is 2.49. The molecule has 1 rings (SSSR count). The third kappa shape index (κ3) is 6.23. The van der Waals surface area contributed by atoms with Gasteiger partial charge in [-0.1, -0.05) is 6.07 Å². The number of hydrogen-bond acceptors (Lipinski definition) is 5. The van der Waals surface area contributed by atoms with E-state index in [-0.39, 0.29) is 23.2 Å². The van der Waals surface area contributed by atoms with Crippen LogP contribution in [0.2, 0.25) is 0 Å². The molecule has 0 aromatic heterocycles. The number of nitrogens with two attached hydrogens (primary N) is 2. The molecule has 0 aliphatic heterocycles. The summed E-state index contributed by atoms with van der Waals surface area (Å²) in [5, 5.41) is 7.71. The van der Waals surface area contributed by atoms with Gasteiger partial charge in [-0.25, -0.2) is 13.6 Å². The number of halogens is 1. The maximum atomic E-state index is 11.8. The normalized spacial score (nSPS) is 12.4. The number of rotatable bonds is 6. The average molecular weight is 354 g/mol. The monoisotopic (exact) mass is 353 g/mol. The Morgan fingerprint density at radius 2 is 2.05 bits per heavy atom. The standard InChI is InChI=1S/C12H19N3O3S2.ClH/c1-8-3-4-9(7-11(8)20(14,17)18)15-12(16)10(13)5-6-19-2;/h3-4,7,10H,5-6,13H2,1-2H3,(H,15,16)(H2,14,17,18);1H/t10-;/m0./s1. The molecule has 0 unspecified atom stereocenters. The second-order valence-electron chi connectivity index (χ2n) is 4.40. The van der Waals surface area contributed by atoms with Gasteiger partial charge in [0.05, 0.1) is 10.9 Å². The van der Waals surface area contributed by atoms with Crippen LogP contribution in [-0.2, 0) is 14.8 Å². The molecule has 0 bridgehead atoms. The van der Waals surface area contributed by atoms with Crippen molar-refractivity contribution in [3.8, 4) is 0 Å². The van der Waals surface area contributed by atoms with Gasteiger partial charge in [-0.15, -0.1) is 12.4 Å². The topological polar surface area (TPSA) is 115 Å². The number of amides is 1. The third-order valence-corrected chi connectivity index (χ3v) is 4.43. The molecular formula is C12H20ClN3O3S2. The number of sulfonamides is 1. The van der Waals surface area contributed by atoms with Crippen molar-refractivity contribution in [1.82, 2.24) is 0 Å². The van der Waals surface area contributed by atoms with Crippen LogP contribution >= 0.6 is 24.2 Å². The van der Waals surface area contributed by atoms with Crippen LogP contribution in [0.5, 0.6) is 0 Å². The van der Waals surface area contributed by atoms with Crippen LogP contribution in [0.15, 0.2) is 23.1 Å². The first kappa shape index (κ1) is 20.2. The number of benzene rings is 1. The lowest BCUT2D eigenvalue weighted by molar-refractivity contribution is -0.117. The molecule has 1 amide bonds. The van der Waals surface area contributed by atoms with E-state index < -0.39 is 16.1 Å². The molecule has 1 atom stereocenters. The first-order valence-electron chi connectivity index (χ1n) is 5.94. The molecule has 120 valence electrons. The Bertz CT molecular complexity index is 593. The molecule has 6 nitrogen and oxygen atoms in total. The minimum Gasteiger partial charge on any atom is -0.325 e. The van der Waals surface area contributed by atoms with Crippen molar-refractivity contribution < 1.29 is 13.2 Å². The lowest BCUT2D eigenvalue weighted by atomic mass is 10.2. The molecule has 0 aliphatic rings. The molecule has 0 saturated carbocycles. The quantitative estimate of drug-likeness (QED) is 0.707. The first-order chi connectivity index (χ1) is 9.25. The molecule has 0 spiro atoms. The molecule has 9 heteroatoms. The summed E-state index contributed by atoms with van der Waals surface area (Å²) < 4.78 is 22.8. The van der Waals surface area contributed by atoms with Crippen LogP contribution in [0, 0.1) is 6.92 Å². The fourth-order valence-electron chi connectivity index (χ4n) is 1.60. The van der Waals surface area contributed by atoms with E-state index in [1.54, 1.807) is 30.8 Å². The summed E-state index contributed by atoms with van der Waals surface area (Å²) in [6.45, 7) is 1.63. The Morgan fingerprint density at radius 3 is 2.57 bits per heavy atom. The highest BCUT2D eigenvalue weighted by molar-refractivity contribution is 7.98. The van der Waals surface area contributed by atoms with E-state index in [4.69, 9.17) is 10.9 Å². The minimum atomic E-state index is -3.81. The van der Waals surface area contributed by atoms with Crippen LogP contribution in [-0.4, -0.2) is 32.4 Å². The highest BCUT2D eigenvalue weighted by atomic mass is 35.5. The van der Waals surface area contributed by atoms with Crippen LogP contribution in [0.4, 0.5) is 5.69 Å². The van der Waals surface area contributed by atoms with Gasteiger partial charge in [-0.3, -0.25) is 4.79 Å². The summed E-state index contributed by atoms with van der Waals surface area (Å²) in [5.41, 5.74) is 6.63. The van der Waals surface area contributed by atoms with E-state index in [0.717, 1.165) is 5.75 Å². The lowest BCUT2D eigenvalue weighted by Gasteiger charge is -2.13. The minimum absolute atomic E-state index is 0. The Labute approximate surface area is 135 Å². The molecule has 5 N–H and O–H groups in total. The van der Waals surface area contributed by atoms with Gasteiger partial charge in [-0.05, 0) is 43.0 Å². The molecule has 0 heterocycles. The van der Waals surface area contributed by atoms with Crippen molar-refractivity contribution in [3.05, 3.63) is 23.8 Å². The van der Waals surface area contributed by atoms with Crippen molar-refractivity contribution in [2.75, 3.05) is 17.3 Å². The van der Waals surface area contributed by atoms with Crippen molar-refractivity contribution in [1.29, 1.82) is 0 Å². The summed E-state index contributed by atoms with van der Waals surface area (Å²) in [5.74, 6) is 0.438. The molecular weight excluding hydrogens is 334 g/mol. The Kier molecular flexibility index (Phi) is 8.27. The number of carbonyl (C=O) groups is 1. The van der Waals surface area contributed by atoms with Crippen molar-refractivity contribution in [2.45, 2.75) is 24.3 Å². The molecule has 0 radical (unpaired) electrons. The fourth-order valence-corrected chi connectivity index (χ4v) is 2.89. The number of anilines is 1. The van der Waals surface area contributed by atoms with Gasteiger partial charge in [0.15, 0.2) is 0 Å². The molecule has 0 aliphatic carbocycles. The van der Waals surface area contributed by atoms with Crippen LogP contribution in [0.1, 0.15) is 12.0 Å². The second-order valence-corrected chi connectivity index (χ2v) is 6.92. The van der Waals surface area contributed by atoms with Crippen LogP contribution in [0.25, 0.3) is 0 Å². The summed E-state index contributed by atoms with van der Waals surface area (Å²) in [6, 6.07) is 3.91. The van der Waals surface area contributed by atoms with E-state index in [1.165, 1.54) is 6.07 Å². The average Bonchev–Trinajstić information content (AvgIpc) is 2.36. The van der Waals surface area contributed by atoms with Crippen molar-refractivity contribution in [2.24, 2.45) is 10.9 Å². The molecule has 0 saturated heterocycles. The molecule has 0 fully saturated rings. The van der Waals surface area contributed by atoms with Gasteiger partial charge in [0.1, 0.15) is 0 Å². The predicted molar refractivity (Wildman–Crippen MR) is 89.4 cm³/mol. The zero-order valence-corrected chi connectivity index (χ0v) is 14.3. The number of nitrogens with one attached hydrogen (secondary N) is 1. The van der Waals surface area contributed by atoms with E-state index in [9.17, 15) is 13.2 Å². The largest absolute Gasteiger partial charge is 0.325 e. The number of thioether (sulfide) groups is 1. The van der Waals surface area contributed by atoms with Gasteiger partial charge >= 0.3 is 0 Å². The van der Waals surface area contributed by atoms with Gasteiger partial charge in [0, 0.05) is 5.69 Å². The summed E-state index contributed by atoms with van der Waals surface area (Å²) in [7, 11) is -3.81. The van der Waals surface area contributed by atoms with Crippen molar-refractivity contribution in [3.63, 3.8) is 0 Å². The summed E-state index contributed by atoms with van der Waals surface area (Å²) in [4.78, 5) is 11.8. The Balaban J connectivity index is 0.00000400.